The molecule has 3 rings (SSSR count). The van der Waals surface area contributed by atoms with Crippen molar-refractivity contribution in [3.8, 4) is 0 Å². The van der Waals surface area contributed by atoms with Crippen molar-refractivity contribution < 1.29 is 14.0 Å². The smallest absolute Gasteiger partial charge is 0.270 e. The number of hydrogen-bond acceptors (Lipinski definition) is 2. The Morgan fingerprint density at radius 2 is 2.12 bits per heavy atom. The summed E-state index contributed by atoms with van der Waals surface area (Å²) in [5.41, 5.74) is 1.32. The highest BCUT2D eigenvalue weighted by Gasteiger charge is 2.32. The molecule has 26 heavy (non-hydrogen) atoms. The molecule has 6 heteroatoms. The summed E-state index contributed by atoms with van der Waals surface area (Å²) >= 11 is 0. The Morgan fingerprint density at radius 3 is 2.85 bits per heavy atom. The number of benzene rings is 1. The molecule has 0 spiro atoms. The molecule has 1 N–H and O–H groups in total. The minimum atomic E-state index is -0.351. The number of fused-ring (bicyclic) bond motifs is 1. The zero-order valence-electron chi connectivity index (χ0n) is 15.1. The topological polar surface area (TPSA) is 54.3 Å². The van der Waals surface area contributed by atoms with Crippen molar-refractivity contribution >= 4 is 11.8 Å². The van der Waals surface area contributed by atoms with Crippen LogP contribution in [0.5, 0.6) is 0 Å². The van der Waals surface area contributed by atoms with Crippen LogP contribution in [0.25, 0.3) is 0 Å². The Balaban J connectivity index is 1.65. The van der Waals surface area contributed by atoms with Gasteiger partial charge in [0.15, 0.2) is 0 Å². The second-order valence-corrected chi connectivity index (χ2v) is 7.16. The fraction of sp³-hybridized carbons (Fsp3) is 0.400. The summed E-state index contributed by atoms with van der Waals surface area (Å²) < 4.78 is 15.2. The van der Waals surface area contributed by atoms with E-state index in [1.165, 1.54) is 12.1 Å². The predicted molar refractivity (Wildman–Crippen MR) is 97.2 cm³/mol. The molecule has 2 heterocycles. The van der Waals surface area contributed by atoms with E-state index in [9.17, 15) is 14.0 Å². The zero-order valence-corrected chi connectivity index (χ0v) is 15.1. The van der Waals surface area contributed by atoms with Crippen molar-refractivity contribution in [1.82, 2.24) is 14.8 Å². The van der Waals surface area contributed by atoms with Crippen LogP contribution >= 0.6 is 0 Å². The third-order valence-corrected chi connectivity index (χ3v) is 4.51. The lowest BCUT2D eigenvalue weighted by Crippen LogP contribution is -2.53. The summed E-state index contributed by atoms with van der Waals surface area (Å²) in [5, 5.41) is 2.90. The molecule has 5 nitrogen and oxygen atoms in total. The van der Waals surface area contributed by atoms with E-state index < -0.39 is 0 Å². The molecular weight excluding hydrogens is 333 g/mol. The average molecular weight is 357 g/mol. The van der Waals surface area contributed by atoms with Crippen molar-refractivity contribution in [2.75, 3.05) is 13.1 Å². The Hall–Kier alpha value is -2.63. The zero-order chi connectivity index (χ0) is 18.7. The van der Waals surface area contributed by atoms with Crippen molar-refractivity contribution in [3.63, 3.8) is 0 Å². The number of nitrogens with one attached hydrogen (secondary N) is 1. The fourth-order valence-electron chi connectivity index (χ4n) is 3.33. The van der Waals surface area contributed by atoms with Gasteiger partial charge in [0.1, 0.15) is 11.5 Å². The van der Waals surface area contributed by atoms with E-state index in [1.807, 2.05) is 27.8 Å². The number of carbonyl (C=O) groups is 2. The van der Waals surface area contributed by atoms with Crippen molar-refractivity contribution in [2.45, 2.75) is 32.9 Å². The minimum absolute atomic E-state index is 0.000621. The second kappa shape index (κ2) is 7.72. The third-order valence-electron chi connectivity index (χ3n) is 4.51. The molecule has 0 radical (unpaired) electrons. The van der Waals surface area contributed by atoms with Crippen LogP contribution in [0, 0.1) is 11.7 Å². The van der Waals surface area contributed by atoms with Crippen LogP contribution in [0.1, 0.15) is 29.9 Å². The number of amides is 2. The predicted octanol–water partition coefficient (Wildman–Crippen LogP) is 2.47. The Kier molecular flexibility index (Phi) is 5.40. The highest BCUT2D eigenvalue weighted by molar-refractivity contribution is 5.93. The van der Waals surface area contributed by atoms with Gasteiger partial charge in [-0.25, -0.2) is 4.39 Å². The molecule has 2 amide bonds. The lowest BCUT2D eigenvalue weighted by molar-refractivity contribution is -0.120. The van der Waals surface area contributed by atoms with E-state index in [-0.39, 0.29) is 30.1 Å². The van der Waals surface area contributed by atoms with Crippen LogP contribution in [0.15, 0.2) is 42.6 Å². The van der Waals surface area contributed by atoms with Gasteiger partial charge in [0.25, 0.3) is 5.91 Å². The molecule has 1 atom stereocenters. The molecule has 1 aromatic carbocycles. The van der Waals surface area contributed by atoms with Crippen LogP contribution in [0.4, 0.5) is 4.39 Å². The molecule has 1 unspecified atom stereocenters. The van der Waals surface area contributed by atoms with E-state index in [0.29, 0.717) is 36.8 Å². The van der Waals surface area contributed by atoms with Gasteiger partial charge in [-0.1, -0.05) is 26.0 Å². The number of hydrogen-bond donors (Lipinski definition) is 1. The van der Waals surface area contributed by atoms with E-state index in [1.54, 1.807) is 12.1 Å². The molecule has 0 aliphatic carbocycles. The Morgan fingerprint density at radius 1 is 1.31 bits per heavy atom. The first kappa shape index (κ1) is 18.2. The van der Waals surface area contributed by atoms with Crippen LogP contribution in [0.3, 0.4) is 0 Å². The number of carbonyl (C=O) groups excluding carboxylic acids is 2. The first-order valence-electron chi connectivity index (χ1n) is 8.91. The van der Waals surface area contributed by atoms with Crippen LogP contribution in [-0.2, 0) is 17.8 Å². The fourth-order valence-corrected chi connectivity index (χ4v) is 3.33. The molecule has 0 bridgehead atoms. The summed E-state index contributed by atoms with van der Waals surface area (Å²) in [6, 6.07) is 9.63. The third kappa shape index (κ3) is 4.12. The molecule has 0 saturated carbocycles. The van der Waals surface area contributed by atoms with Gasteiger partial charge in [-0.2, -0.15) is 0 Å². The average Bonchev–Trinajstić information content (AvgIpc) is 3.04. The quantitative estimate of drug-likeness (QED) is 0.863. The van der Waals surface area contributed by atoms with Gasteiger partial charge in [0.05, 0.1) is 12.5 Å². The molecule has 2 aromatic rings. The number of halogens is 1. The highest BCUT2D eigenvalue weighted by atomic mass is 19.1. The maximum Gasteiger partial charge on any atom is 0.270 e. The van der Waals surface area contributed by atoms with Crippen molar-refractivity contribution in [1.29, 1.82) is 0 Å². The summed E-state index contributed by atoms with van der Waals surface area (Å²) in [7, 11) is 0. The number of nitrogens with zero attached hydrogens (tertiary/aromatic N) is 2. The molecule has 0 fully saturated rings. The molecule has 1 aromatic heterocycles. The first-order valence-corrected chi connectivity index (χ1v) is 8.91. The Bertz CT molecular complexity index is 800. The van der Waals surface area contributed by atoms with Gasteiger partial charge in [0.2, 0.25) is 5.91 Å². The minimum Gasteiger partial charge on any atom is -0.354 e. The first-order chi connectivity index (χ1) is 12.4. The maximum absolute atomic E-state index is 13.2. The van der Waals surface area contributed by atoms with Crippen molar-refractivity contribution in [2.24, 2.45) is 5.92 Å². The molecule has 138 valence electrons. The van der Waals surface area contributed by atoms with E-state index in [0.717, 1.165) is 0 Å². The second-order valence-electron chi connectivity index (χ2n) is 7.16. The Labute approximate surface area is 152 Å². The SMILES string of the molecule is CC(C)CN1C(=O)c2cccn2CC1CNC(=O)Cc1cccc(F)c1. The summed E-state index contributed by atoms with van der Waals surface area (Å²) in [6.07, 6.45) is 2.01. The summed E-state index contributed by atoms with van der Waals surface area (Å²) in [6.45, 7) is 5.82. The molecule has 1 aliphatic heterocycles. The van der Waals surface area contributed by atoms with Gasteiger partial charge >= 0.3 is 0 Å². The number of aromatic nitrogens is 1. The maximum atomic E-state index is 13.2. The molecular formula is C20H24FN3O2. The van der Waals surface area contributed by atoms with E-state index in [2.05, 4.69) is 19.2 Å². The summed E-state index contributed by atoms with van der Waals surface area (Å²) in [5.74, 6) is -0.187. The highest BCUT2D eigenvalue weighted by Crippen LogP contribution is 2.19. The number of rotatable bonds is 6. The largest absolute Gasteiger partial charge is 0.354 e. The summed E-state index contributed by atoms with van der Waals surface area (Å²) in [4.78, 5) is 26.8. The molecule has 0 saturated heterocycles. The van der Waals surface area contributed by atoms with Gasteiger partial charge < -0.3 is 14.8 Å². The van der Waals surface area contributed by atoms with Gasteiger partial charge in [-0.3, -0.25) is 9.59 Å². The van der Waals surface area contributed by atoms with Crippen LogP contribution in [-0.4, -0.2) is 40.4 Å². The van der Waals surface area contributed by atoms with Gasteiger partial charge in [-0.05, 0) is 35.7 Å². The molecule has 1 aliphatic rings. The van der Waals surface area contributed by atoms with Crippen molar-refractivity contribution in [3.05, 3.63) is 59.7 Å². The lowest BCUT2D eigenvalue weighted by atomic mass is 10.1. The normalized spacial score (nSPS) is 16.7. The van der Waals surface area contributed by atoms with E-state index >= 15 is 0 Å². The van der Waals surface area contributed by atoms with Crippen LogP contribution < -0.4 is 5.32 Å². The van der Waals surface area contributed by atoms with E-state index in [4.69, 9.17) is 0 Å². The lowest BCUT2D eigenvalue weighted by Gasteiger charge is -2.37. The monoisotopic (exact) mass is 357 g/mol. The van der Waals surface area contributed by atoms with Gasteiger partial charge in [-0.15, -0.1) is 0 Å². The standard InChI is InChI=1S/C20H24FN3O2/c1-14(2)12-24-17(13-23-8-4-7-18(23)20(24)26)11-22-19(25)10-15-5-3-6-16(21)9-15/h3-9,14,17H,10-13H2,1-2H3,(H,22,25). The van der Waals surface area contributed by atoms with Gasteiger partial charge in [0, 0.05) is 25.8 Å². The van der Waals surface area contributed by atoms with Crippen LogP contribution in [0.2, 0.25) is 0 Å².